The maximum Gasteiger partial charge on any atom is 0.313 e. The molecule has 0 radical (unpaired) electrons. The topological polar surface area (TPSA) is 44.1 Å². The zero-order valence-corrected chi connectivity index (χ0v) is 12.3. The molecule has 2 aromatic rings. The van der Waals surface area contributed by atoms with E-state index in [1.165, 1.54) is 0 Å². The SMILES string of the molecule is CCOC(=O)Cc1nc2cc(Br)ccc2n1C1CC1. The number of hydrogen-bond acceptors (Lipinski definition) is 3. The molecule has 19 heavy (non-hydrogen) atoms. The quantitative estimate of drug-likeness (QED) is 0.812. The monoisotopic (exact) mass is 322 g/mol. The molecule has 1 aliphatic carbocycles. The molecule has 4 nitrogen and oxygen atoms in total. The van der Waals surface area contributed by atoms with Crippen molar-refractivity contribution in [2.75, 3.05) is 6.61 Å². The van der Waals surface area contributed by atoms with Gasteiger partial charge in [0.1, 0.15) is 12.2 Å². The third-order valence-corrected chi connectivity index (χ3v) is 3.74. The molecule has 0 atom stereocenters. The Morgan fingerprint density at radius 2 is 2.32 bits per heavy atom. The van der Waals surface area contributed by atoms with Gasteiger partial charge in [-0.3, -0.25) is 4.79 Å². The molecule has 1 aliphatic rings. The molecule has 0 aliphatic heterocycles. The first-order valence-electron chi connectivity index (χ1n) is 6.51. The molecule has 100 valence electrons. The summed E-state index contributed by atoms with van der Waals surface area (Å²) in [6.45, 7) is 2.23. The Morgan fingerprint density at radius 3 is 3.00 bits per heavy atom. The van der Waals surface area contributed by atoms with Crippen LogP contribution in [0.5, 0.6) is 0 Å². The molecule has 1 aromatic heterocycles. The second kappa shape index (κ2) is 4.96. The zero-order valence-electron chi connectivity index (χ0n) is 10.7. The summed E-state index contributed by atoms with van der Waals surface area (Å²) >= 11 is 3.45. The van der Waals surface area contributed by atoms with Crippen molar-refractivity contribution in [2.45, 2.75) is 32.2 Å². The minimum Gasteiger partial charge on any atom is -0.466 e. The summed E-state index contributed by atoms with van der Waals surface area (Å²) in [5, 5.41) is 0. The van der Waals surface area contributed by atoms with Gasteiger partial charge in [0.2, 0.25) is 0 Å². The number of ether oxygens (including phenoxy) is 1. The van der Waals surface area contributed by atoms with E-state index >= 15 is 0 Å². The van der Waals surface area contributed by atoms with Crippen LogP contribution in [0.2, 0.25) is 0 Å². The van der Waals surface area contributed by atoms with Gasteiger partial charge < -0.3 is 9.30 Å². The molecule has 0 amide bonds. The fourth-order valence-electron chi connectivity index (χ4n) is 2.33. The molecule has 1 fully saturated rings. The number of carbonyl (C=O) groups excluding carboxylic acids is 1. The lowest BCUT2D eigenvalue weighted by Gasteiger charge is -2.07. The first-order chi connectivity index (χ1) is 9.19. The van der Waals surface area contributed by atoms with Crippen molar-refractivity contribution >= 4 is 32.9 Å². The lowest BCUT2D eigenvalue weighted by atomic mass is 10.3. The number of hydrogen-bond donors (Lipinski definition) is 0. The first kappa shape index (κ1) is 12.7. The number of aromatic nitrogens is 2. The standard InChI is InChI=1S/C14H15BrN2O2/c1-2-19-14(18)8-13-16-11-7-9(15)3-6-12(11)17(13)10-4-5-10/h3,6-7,10H,2,4-5,8H2,1H3. The molecule has 0 saturated heterocycles. The minimum absolute atomic E-state index is 0.209. The van der Waals surface area contributed by atoms with Crippen molar-refractivity contribution in [3.63, 3.8) is 0 Å². The second-order valence-corrected chi connectivity index (χ2v) is 5.66. The Hall–Kier alpha value is -1.36. The predicted octanol–water partition coefficient (Wildman–Crippen LogP) is 3.24. The van der Waals surface area contributed by atoms with Crippen molar-refractivity contribution in [1.29, 1.82) is 0 Å². The van der Waals surface area contributed by atoms with Crippen LogP contribution in [0.25, 0.3) is 11.0 Å². The van der Waals surface area contributed by atoms with E-state index in [-0.39, 0.29) is 12.4 Å². The van der Waals surface area contributed by atoms with E-state index in [4.69, 9.17) is 4.74 Å². The lowest BCUT2D eigenvalue weighted by Crippen LogP contribution is -2.12. The fraction of sp³-hybridized carbons (Fsp3) is 0.429. The van der Waals surface area contributed by atoms with Gasteiger partial charge in [0, 0.05) is 10.5 Å². The largest absolute Gasteiger partial charge is 0.466 e. The number of esters is 1. The summed E-state index contributed by atoms with van der Waals surface area (Å²) in [5.74, 6) is 0.604. The molecule has 1 saturated carbocycles. The maximum atomic E-state index is 11.7. The van der Waals surface area contributed by atoms with Crippen molar-refractivity contribution < 1.29 is 9.53 Å². The summed E-state index contributed by atoms with van der Waals surface area (Å²) in [6.07, 6.45) is 2.57. The molecule has 0 unspecified atom stereocenters. The minimum atomic E-state index is -0.209. The third kappa shape index (κ3) is 2.52. The summed E-state index contributed by atoms with van der Waals surface area (Å²) in [7, 11) is 0. The lowest BCUT2D eigenvalue weighted by molar-refractivity contribution is -0.142. The first-order valence-corrected chi connectivity index (χ1v) is 7.30. The van der Waals surface area contributed by atoms with Crippen molar-refractivity contribution in [3.8, 4) is 0 Å². The number of nitrogens with zero attached hydrogens (tertiary/aromatic N) is 2. The van der Waals surface area contributed by atoms with Gasteiger partial charge >= 0.3 is 5.97 Å². The number of imidazole rings is 1. The zero-order chi connectivity index (χ0) is 13.4. The van der Waals surface area contributed by atoms with Crippen LogP contribution < -0.4 is 0 Å². The van der Waals surface area contributed by atoms with Gasteiger partial charge in [-0.25, -0.2) is 4.98 Å². The summed E-state index contributed by atoms with van der Waals surface area (Å²) < 4.78 is 8.22. The normalized spacial score (nSPS) is 14.8. The molecular weight excluding hydrogens is 308 g/mol. The van der Waals surface area contributed by atoms with Crippen LogP contribution in [-0.4, -0.2) is 22.1 Å². The molecule has 1 aromatic carbocycles. The van der Waals surface area contributed by atoms with Gasteiger partial charge in [-0.1, -0.05) is 15.9 Å². The summed E-state index contributed by atoms with van der Waals surface area (Å²) in [5.41, 5.74) is 2.03. The predicted molar refractivity (Wildman–Crippen MR) is 76.0 cm³/mol. The third-order valence-electron chi connectivity index (χ3n) is 3.24. The highest BCUT2D eigenvalue weighted by molar-refractivity contribution is 9.10. The molecule has 1 heterocycles. The number of rotatable bonds is 4. The highest BCUT2D eigenvalue weighted by Gasteiger charge is 2.29. The number of halogens is 1. The average molecular weight is 323 g/mol. The van der Waals surface area contributed by atoms with E-state index in [0.717, 1.165) is 34.2 Å². The van der Waals surface area contributed by atoms with Crippen LogP contribution in [0.3, 0.4) is 0 Å². The van der Waals surface area contributed by atoms with Gasteiger partial charge in [-0.05, 0) is 38.0 Å². The van der Waals surface area contributed by atoms with Crippen LogP contribution in [0.1, 0.15) is 31.6 Å². The molecular formula is C14H15BrN2O2. The molecule has 0 bridgehead atoms. The van der Waals surface area contributed by atoms with E-state index in [1.54, 1.807) is 0 Å². The van der Waals surface area contributed by atoms with E-state index in [0.29, 0.717) is 12.6 Å². The van der Waals surface area contributed by atoms with Crippen LogP contribution in [0.4, 0.5) is 0 Å². The maximum absolute atomic E-state index is 11.7. The summed E-state index contributed by atoms with van der Waals surface area (Å²) in [6, 6.07) is 6.55. The summed E-state index contributed by atoms with van der Waals surface area (Å²) in [4.78, 5) is 16.3. The van der Waals surface area contributed by atoms with E-state index in [1.807, 2.05) is 19.1 Å². The second-order valence-electron chi connectivity index (χ2n) is 4.74. The molecule has 3 rings (SSSR count). The van der Waals surface area contributed by atoms with E-state index in [2.05, 4.69) is 31.5 Å². The Morgan fingerprint density at radius 1 is 1.53 bits per heavy atom. The average Bonchev–Trinajstić information content (AvgIpc) is 3.12. The van der Waals surface area contributed by atoms with Gasteiger partial charge in [0.25, 0.3) is 0 Å². The highest BCUT2D eigenvalue weighted by atomic mass is 79.9. The number of fused-ring (bicyclic) bond motifs is 1. The Labute approximate surface area is 119 Å². The van der Waals surface area contributed by atoms with Crippen molar-refractivity contribution in [3.05, 3.63) is 28.5 Å². The Balaban J connectivity index is 2.02. The van der Waals surface area contributed by atoms with Crippen LogP contribution in [-0.2, 0) is 16.0 Å². The molecule has 5 heteroatoms. The Bertz CT molecular complexity index is 632. The number of carbonyl (C=O) groups is 1. The van der Waals surface area contributed by atoms with Gasteiger partial charge in [0.15, 0.2) is 0 Å². The van der Waals surface area contributed by atoms with Gasteiger partial charge in [-0.2, -0.15) is 0 Å². The fourth-order valence-corrected chi connectivity index (χ4v) is 2.68. The van der Waals surface area contributed by atoms with Crippen LogP contribution >= 0.6 is 15.9 Å². The van der Waals surface area contributed by atoms with Crippen molar-refractivity contribution in [2.24, 2.45) is 0 Å². The van der Waals surface area contributed by atoms with Gasteiger partial charge in [-0.15, -0.1) is 0 Å². The van der Waals surface area contributed by atoms with E-state index in [9.17, 15) is 4.79 Å². The van der Waals surface area contributed by atoms with Gasteiger partial charge in [0.05, 0.1) is 17.6 Å². The smallest absolute Gasteiger partial charge is 0.313 e. The number of benzene rings is 1. The van der Waals surface area contributed by atoms with Crippen LogP contribution in [0.15, 0.2) is 22.7 Å². The highest BCUT2D eigenvalue weighted by Crippen LogP contribution is 2.39. The van der Waals surface area contributed by atoms with Crippen LogP contribution in [0, 0.1) is 0 Å². The Kier molecular flexibility index (Phi) is 3.31. The molecule has 0 N–H and O–H groups in total. The molecule has 0 spiro atoms. The van der Waals surface area contributed by atoms with E-state index < -0.39 is 0 Å². The van der Waals surface area contributed by atoms with Crippen molar-refractivity contribution in [1.82, 2.24) is 9.55 Å².